The van der Waals surface area contributed by atoms with Crippen LogP contribution >= 0.6 is 11.3 Å². The van der Waals surface area contributed by atoms with Gasteiger partial charge in [0, 0.05) is 21.0 Å². The van der Waals surface area contributed by atoms with Gasteiger partial charge in [0.25, 0.3) is 5.91 Å². The van der Waals surface area contributed by atoms with Gasteiger partial charge in [-0.15, -0.1) is 11.3 Å². The number of esters is 1. The number of ether oxygens (including phenoxy) is 1. The van der Waals surface area contributed by atoms with Gasteiger partial charge in [0.1, 0.15) is 10.6 Å². The number of hydrogen-bond donors (Lipinski definition) is 1. The molecule has 5 aromatic rings. The van der Waals surface area contributed by atoms with Crippen LogP contribution in [0.4, 0.5) is 5.00 Å². The molecule has 0 aliphatic rings. The maximum atomic E-state index is 13.8. The van der Waals surface area contributed by atoms with Crippen molar-refractivity contribution in [2.75, 3.05) is 11.9 Å². The van der Waals surface area contributed by atoms with Gasteiger partial charge < -0.3 is 10.1 Å². The first-order valence-electron chi connectivity index (χ1n) is 11.0. The first-order chi connectivity index (χ1) is 16.6. The second kappa shape index (κ2) is 9.08. The Kier molecular flexibility index (Phi) is 5.82. The predicted octanol–water partition coefficient (Wildman–Crippen LogP) is 6.85. The molecule has 5 nitrogen and oxygen atoms in total. The lowest BCUT2D eigenvalue weighted by molar-refractivity contribution is 0.0530. The summed E-state index contributed by atoms with van der Waals surface area (Å²) in [5, 5.41) is 5.02. The molecule has 6 heteroatoms. The van der Waals surface area contributed by atoms with Crippen LogP contribution in [0.2, 0.25) is 0 Å². The standard InChI is InChI=1S/C28H22N2O3S/c1-3-33-28(32)24-20-14-8-10-16-22(20)34-27(24)30-26(31)23-17(2)25(18-11-5-4-6-12-18)29-21-15-9-7-13-19(21)23/h4-16H,3H2,1-2H3,(H,30,31). The number of carbonyl (C=O) groups is 2. The van der Waals surface area contributed by atoms with E-state index in [-0.39, 0.29) is 12.5 Å². The number of pyridine rings is 1. The molecule has 0 unspecified atom stereocenters. The van der Waals surface area contributed by atoms with Crippen LogP contribution in [0.15, 0.2) is 78.9 Å². The van der Waals surface area contributed by atoms with Crippen molar-refractivity contribution in [3.05, 3.63) is 95.6 Å². The lowest BCUT2D eigenvalue weighted by Crippen LogP contribution is -2.17. The molecule has 0 spiro atoms. The molecule has 0 fully saturated rings. The maximum absolute atomic E-state index is 13.8. The molecule has 0 saturated heterocycles. The Morgan fingerprint density at radius 1 is 0.882 bits per heavy atom. The average Bonchev–Trinajstić information content (AvgIpc) is 3.22. The lowest BCUT2D eigenvalue weighted by atomic mass is 9.97. The summed E-state index contributed by atoms with van der Waals surface area (Å²) >= 11 is 1.36. The highest BCUT2D eigenvalue weighted by molar-refractivity contribution is 7.23. The minimum absolute atomic E-state index is 0.255. The number of thiophene rings is 1. The van der Waals surface area contributed by atoms with Crippen molar-refractivity contribution in [1.82, 2.24) is 4.98 Å². The third kappa shape index (κ3) is 3.82. The molecule has 34 heavy (non-hydrogen) atoms. The average molecular weight is 467 g/mol. The zero-order valence-corrected chi connectivity index (χ0v) is 19.6. The SMILES string of the molecule is CCOC(=O)c1c(NC(=O)c2c(C)c(-c3ccccc3)nc3ccccc23)sc2ccccc12. The van der Waals surface area contributed by atoms with Crippen molar-refractivity contribution in [1.29, 1.82) is 0 Å². The number of nitrogens with one attached hydrogen (secondary N) is 1. The molecule has 0 bridgehead atoms. The highest BCUT2D eigenvalue weighted by Crippen LogP contribution is 2.37. The zero-order chi connectivity index (χ0) is 23.7. The van der Waals surface area contributed by atoms with Crippen LogP contribution < -0.4 is 5.32 Å². The van der Waals surface area contributed by atoms with E-state index in [0.717, 1.165) is 37.8 Å². The van der Waals surface area contributed by atoms with Gasteiger partial charge in [-0.2, -0.15) is 0 Å². The topological polar surface area (TPSA) is 68.3 Å². The molecular weight excluding hydrogens is 444 g/mol. The number of aromatic nitrogens is 1. The van der Waals surface area contributed by atoms with Crippen LogP contribution in [0.5, 0.6) is 0 Å². The number of fused-ring (bicyclic) bond motifs is 2. The summed E-state index contributed by atoms with van der Waals surface area (Å²) in [6.45, 7) is 3.93. The Balaban J connectivity index is 1.66. The van der Waals surface area contributed by atoms with Gasteiger partial charge in [0.15, 0.2) is 0 Å². The van der Waals surface area contributed by atoms with Crippen molar-refractivity contribution in [2.24, 2.45) is 0 Å². The third-order valence-electron chi connectivity index (χ3n) is 5.71. The van der Waals surface area contributed by atoms with E-state index in [9.17, 15) is 9.59 Å². The lowest BCUT2D eigenvalue weighted by Gasteiger charge is -2.15. The summed E-state index contributed by atoms with van der Waals surface area (Å²) in [7, 11) is 0. The van der Waals surface area contributed by atoms with E-state index in [2.05, 4.69) is 5.32 Å². The van der Waals surface area contributed by atoms with E-state index in [1.165, 1.54) is 11.3 Å². The van der Waals surface area contributed by atoms with Crippen LogP contribution in [0, 0.1) is 6.92 Å². The Morgan fingerprint density at radius 3 is 2.32 bits per heavy atom. The molecule has 1 N–H and O–H groups in total. The number of amides is 1. The highest BCUT2D eigenvalue weighted by Gasteiger charge is 2.24. The molecule has 0 saturated carbocycles. The number of hydrogen-bond acceptors (Lipinski definition) is 5. The minimum Gasteiger partial charge on any atom is -0.462 e. The Morgan fingerprint density at radius 2 is 1.56 bits per heavy atom. The van der Waals surface area contributed by atoms with Crippen molar-refractivity contribution >= 4 is 49.2 Å². The molecule has 2 aromatic heterocycles. The van der Waals surface area contributed by atoms with E-state index in [1.807, 2.05) is 85.8 Å². The number of benzene rings is 3. The van der Waals surface area contributed by atoms with Crippen molar-refractivity contribution in [3.8, 4) is 11.3 Å². The fraction of sp³-hybridized carbons (Fsp3) is 0.107. The van der Waals surface area contributed by atoms with Crippen LogP contribution in [0.1, 0.15) is 33.2 Å². The van der Waals surface area contributed by atoms with Gasteiger partial charge in [-0.25, -0.2) is 9.78 Å². The molecule has 0 aliphatic carbocycles. The van der Waals surface area contributed by atoms with Gasteiger partial charge >= 0.3 is 5.97 Å². The van der Waals surface area contributed by atoms with Gasteiger partial charge in [-0.05, 0) is 31.5 Å². The normalized spacial score (nSPS) is 11.0. The fourth-order valence-corrected chi connectivity index (χ4v) is 5.27. The number of nitrogens with zero attached hydrogens (tertiary/aromatic N) is 1. The molecule has 0 radical (unpaired) electrons. The van der Waals surface area contributed by atoms with Crippen LogP contribution in [0.3, 0.4) is 0 Å². The smallest absolute Gasteiger partial charge is 0.341 e. The Hall–Kier alpha value is -4.03. The van der Waals surface area contributed by atoms with Gasteiger partial charge in [-0.1, -0.05) is 66.7 Å². The molecule has 1 amide bonds. The van der Waals surface area contributed by atoms with E-state index in [4.69, 9.17) is 9.72 Å². The summed E-state index contributed by atoms with van der Waals surface area (Å²) in [5.41, 5.74) is 4.13. The minimum atomic E-state index is -0.448. The van der Waals surface area contributed by atoms with Crippen molar-refractivity contribution in [3.63, 3.8) is 0 Å². The number of carbonyl (C=O) groups excluding carboxylic acids is 2. The second-order valence-corrected chi connectivity index (χ2v) is 8.87. The number of para-hydroxylation sites is 1. The largest absolute Gasteiger partial charge is 0.462 e. The summed E-state index contributed by atoms with van der Waals surface area (Å²) in [5.74, 6) is -0.734. The first-order valence-corrected chi connectivity index (χ1v) is 11.8. The maximum Gasteiger partial charge on any atom is 0.341 e. The molecule has 0 atom stereocenters. The summed E-state index contributed by atoms with van der Waals surface area (Å²) in [4.78, 5) is 31.4. The van der Waals surface area contributed by atoms with Crippen LogP contribution in [-0.2, 0) is 4.74 Å². The Labute approximate surface area is 201 Å². The predicted molar refractivity (Wildman–Crippen MR) is 138 cm³/mol. The summed E-state index contributed by atoms with van der Waals surface area (Å²) < 4.78 is 6.20. The molecule has 168 valence electrons. The van der Waals surface area contributed by atoms with Crippen LogP contribution in [-0.4, -0.2) is 23.5 Å². The van der Waals surface area contributed by atoms with Gasteiger partial charge in [0.05, 0.1) is 23.4 Å². The fourth-order valence-electron chi connectivity index (χ4n) is 4.18. The molecule has 0 aliphatic heterocycles. The van der Waals surface area contributed by atoms with E-state index < -0.39 is 5.97 Å². The van der Waals surface area contributed by atoms with E-state index in [1.54, 1.807) is 6.92 Å². The molecule has 2 heterocycles. The monoisotopic (exact) mass is 466 g/mol. The summed E-state index contributed by atoms with van der Waals surface area (Å²) in [6, 6.07) is 25.0. The summed E-state index contributed by atoms with van der Waals surface area (Å²) in [6.07, 6.45) is 0. The molecule has 3 aromatic carbocycles. The van der Waals surface area contributed by atoms with Crippen molar-refractivity contribution in [2.45, 2.75) is 13.8 Å². The Bertz CT molecular complexity index is 1540. The number of anilines is 1. The molecule has 5 rings (SSSR count). The number of rotatable bonds is 5. The van der Waals surface area contributed by atoms with Gasteiger partial charge in [0.2, 0.25) is 0 Å². The highest BCUT2D eigenvalue weighted by atomic mass is 32.1. The zero-order valence-electron chi connectivity index (χ0n) is 18.8. The van der Waals surface area contributed by atoms with E-state index >= 15 is 0 Å². The van der Waals surface area contributed by atoms with Gasteiger partial charge in [-0.3, -0.25) is 4.79 Å². The van der Waals surface area contributed by atoms with Crippen LogP contribution in [0.25, 0.3) is 32.2 Å². The van der Waals surface area contributed by atoms with Crippen molar-refractivity contribution < 1.29 is 14.3 Å². The second-order valence-electron chi connectivity index (χ2n) is 7.82. The van der Waals surface area contributed by atoms with E-state index in [0.29, 0.717) is 16.1 Å². The molecular formula is C28H22N2O3S. The third-order valence-corrected chi connectivity index (χ3v) is 6.80. The first kappa shape index (κ1) is 21.8. The quantitative estimate of drug-likeness (QED) is 0.288.